The van der Waals surface area contributed by atoms with Crippen molar-refractivity contribution in [2.24, 2.45) is 11.3 Å². The van der Waals surface area contributed by atoms with Crippen LogP contribution in [0.1, 0.15) is 45.6 Å². The Morgan fingerprint density at radius 3 is 2.62 bits per heavy atom. The van der Waals surface area contributed by atoms with E-state index >= 15 is 0 Å². The summed E-state index contributed by atoms with van der Waals surface area (Å²) in [4.78, 5) is 24.9. The molecule has 3 aliphatic heterocycles. The van der Waals surface area contributed by atoms with Crippen LogP contribution in [0.25, 0.3) is 0 Å². The molecule has 0 saturated carbocycles. The molecule has 1 amide bonds. The number of sulfonamides is 1. The minimum absolute atomic E-state index is 0.00192. The largest absolute Gasteiger partial charge is 0.454 e. The molecule has 0 unspecified atom stereocenters. The third-order valence-corrected chi connectivity index (χ3v) is 10.2. The summed E-state index contributed by atoms with van der Waals surface area (Å²) in [5.74, 6) is 0.690. The number of aliphatic hydroxyl groups is 1. The van der Waals surface area contributed by atoms with E-state index in [-0.39, 0.29) is 55.9 Å². The number of amides is 1. The first-order valence-electron chi connectivity index (χ1n) is 15.2. The Labute approximate surface area is 264 Å². The van der Waals surface area contributed by atoms with Gasteiger partial charge in [0.2, 0.25) is 16.8 Å². The number of fused-ring (bicyclic) bond motifs is 2. The maximum absolute atomic E-state index is 14.1. The lowest BCUT2D eigenvalue weighted by Gasteiger charge is -2.35. The third-order valence-electron chi connectivity index (χ3n) is 8.44. The number of ether oxygens (including phenoxy) is 5. The number of hydrogen-bond acceptors (Lipinski definition) is 10. The van der Waals surface area contributed by atoms with Gasteiger partial charge >= 0.3 is 6.09 Å². The van der Waals surface area contributed by atoms with Crippen LogP contribution in [-0.2, 0) is 35.4 Å². The molecule has 246 valence electrons. The van der Waals surface area contributed by atoms with Crippen molar-refractivity contribution in [3.05, 3.63) is 54.1 Å². The molecular weight excluding hydrogens is 604 g/mol. The van der Waals surface area contributed by atoms with E-state index in [2.05, 4.69) is 5.32 Å². The minimum atomic E-state index is -4.17. The third kappa shape index (κ3) is 8.33. The molecule has 2 fully saturated rings. The molecule has 13 heteroatoms. The van der Waals surface area contributed by atoms with Gasteiger partial charge in [0, 0.05) is 25.6 Å². The van der Waals surface area contributed by atoms with E-state index in [0.29, 0.717) is 30.9 Å². The lowest BCUT2D eigenvalue weighted by atomic mass is 9.87. The molecule has 0 radical (unpaired) electrons. The highest BCUT2D eigenvalue weighted by Crippen LogP contribution is 2.36. The van der Waals surface area contributed by atoms with Crippen molar-refractivity contribution in [3.63, 3.8) is 0 Å². The van der Waals surface area contributed by atoms with Crippen molar-refractivity contribution in [2.75, 3.05) is 33.1 Å². The Bertz CT molecular complexity index is 1450. The van der Waals surface area contributed by atoms with Crippen LogP contribution in [0.2, 0.25) is 0 Å². The maximum atomic E-state index is 14.1. The zero-order valence-electron chi connectivity index (χ0n) is 25.8. The molecule has 0 aliphatic carbocycles. The Morgan fingerprint density at radius 2 is 1.87 bits per heavy atom. The van der Waals surface area contributed by atoms with Crippen LogP contribution in [0.15, 0.2) is 53.4 Å². The number of alkyl carbamates (subject to hydrolysis) is 1. The van der Waals surface area contributed by atoms with Crippen LogP contribution in [-0.4, -0.2) is 87.3 Å². The summed E-state index contributed by atoms with van der Waals surface area (Å²) in [5, 5.41) is 14.5. The zero-order valence-corrected chi connectivity index (χ0v) is 26.7. The lowest BCUT2D eigenvalue weighted by Crippen LogP contribution is -2.52. The molecule has 3 aliphatic rings. The van der Waals surface area contributed by atoms with Crippen LogP contribution in [0.5, 0.6) is 11.5 Å². The number of carbonyl (C=O) groups is 2. The highest BCUT2D eigenvalue weighted by molar-refractivity contribution is 7.89. The van der Waals surface area contributed by atoms with E-state index < -0.39 is 46.1 Å². The Balaban J connectivity index is 1.38. The highest BCUT2D eigenvalue weighted by atomic mass is 32.2. The first-order valence-corrected chi connectivity index (χ1v) is 16.7. The van der Waals surface area contributed by atoms with E-state index in [4.69, 9.17) is 23.7 Å². The van der Waals surface area contributed by atoms with Crippen LogP contribution < -0.4 is 14.8 Å². The highest BCUT2D eigenvalue weighted by Gasteiger charge is 2.44. The molecule has 2 N–H and O–H groups in total. The van der Waals surface area contributed by atoms with Gasteiger partial charge in [0.25, 0.3) is 0 Å². The summed E-state index contributed by atoms with van der Waals surface area (Å²) in [7, 11) is -4.17. The first-order chi connectivity index (χ1) is 21.4. The fourth-order valence-corrected chi connectivity index (χ4v) is 7.53. The molecule has 0 bridgehead atoms. The monoisotopic (exact) mass is 646 g/mol. The molecule has 0 aromatic heterocycles. The van der Waals surface area contributed by atoms with E-state index in [1.165, 1.54) is 29.4 Å². The normalized spacial score (nSPS) is 22.2. The van der Waals surface area contributed by atoms with Crippen LogP contribution >= 0.6 is 0 Å². The summed E-state index contributed by atoms with van der Waals surface area (Å²) in [6, 6.07) is 12.8. The quantitative estimate of drug-likeness (QED) is 0.313. The van der Waals surface area contributed by atoms with E-state index in [9.17, 15) is 23.1 Å². The molecule has 2 saturated heterocycles. The predicted octanol–water partition coefficient (Wildman–Crippen LogP) is 3.26. The number of ketones is 1. The second kappa shape index (κ2) is 14.0. The van der Waals surface area contributed by atoms with E-state index in [0.717, 1.165) is 5.56 Å². The fourth-order valence-electron chi connectivity index (χ4n) is 5.86. The number of benzene rings is 2. The molecule has 0 spiro atoms. The second-order valence-electron chi connectivity index (χ2n) is 12.7. The SMILES string of the molecule is CC(=O)CCC(C)(C)CN(C[C@@H](O)[C@H](Cc1ccccc1)NC(=O)O[C@H]1CO[C@H]2OCC[C@H]21)S(=O)(=O)c1ccc2c(c1)OCO2. The van der Waals surface area contributed by atoms with Crippen LogP contribution in [0.3, 0.4) is 0 Å². The van der Waals surface area contributed by atoms with E-state index in [1.54, 1.807) is 0 Å². The summed E-state index contributed by atoms with van der Waals surface area (Å²) in [5.41, 5.74) is 0.223. The summed E-state index contributed by atoms with van der Waals surface area (Å²) < 4.78 is 57.1. The summed E-state index contributed by atoms with van der Waals surface area (Å²) in [6.45, 7) is 5.67. The molecule has 3 heterocycles. The molecule has 2 aromatic rings. The average Bonchev–Trinajstić information content (AvgIpc) is 3.74. The van der Waals surface area contributed by atoms with Crippen molar-refractivity contribution < 1.29 is 46.8 Å². The lowest BCUT2D eigenvalue weighted by molar-refractivity contribution is -0.117. The Kier molecular flexibility index (Phi) is 10.3. The topological polar surface area (TPSA) is 150 Å². The molecule has 45 heavy (non-hydrogen) atoms. The van der Waals surface area contributed by atoms with Crippen molar-refractivity contribution in [3.8, 4) is 11.5 Å². The van der Waals surface area contributed by atoms with Crippen LogP contribution in [0, 0.1) is 11.3 Å². The van der Waals surface area contributed by atoms with Gasteiger partial charge in [-0.1, -0.05) is 44.2 Å². The van der Waals surface area contributed by atoms with Gasteiger partial charge in [0.1, 0.15) is 11.9 Å². The average molecular weight is 647 g/mol. The summed E-state index contributed by atoms with van der Waals surface area (Å²) in [6.07, 6.45) is -1.28. The summed E-state index contributed by atoms with van der Waals surface area (Å²) >= 11 is 0. The van der Waals surface area contributed by atoms with Gasteiger partial charge in [-0.2, -0.15) is 4.31 Å². The van der Waals surface area contributed by atoms with Crippen molar-refractivity contribution in [2.45, 2.75) is 75.9 Å². The number of nitrogens with one attached hydrogen (secondary N) is 1. The number of carbonyl (C=O) groups excluding carboxylic acids is 2. The molecule has 12 nitrogen and oxygen atoms in total. The minimum Gasteiger partial charge on any atom is -0.454 e. The van der Waals surface area contributed by atoms with Gasteiger partial charge in [-0.25, -0.2) is 13.2 Å². The molecule has 2 aromatic carbocycles. The van der Waals surface area contributed by atoms with Gasteiger partial charge in [0.05, 0.1) is 36.2 Å². The van der Waals surface area contributed by atoms with Crippen molar-refractivity contribution in [1.82, 2.24) is 9.62 Å². The van der Waals surface area contributed by atoms with Crippen molar-refractivity contribution in [1.29, 1.82) is 0 Å². The fraction of sp³-hybridized carbons (Fsp3) is 0.562. The van der Waals surface area contributed by atoms with Gasteiger partial charge in [0.15, 0.2) is 17.8 Å². The van der Waals surface area contributed by atoms with Crippen molar-refractivity contribution >= 4 is 21.9 Å². The Morgan fingerprint density at radius 1 is 1.11 bits per heavy atom. The molecule has 5 atom stereocenters. The van der Waals surface area contributed by atoms with Crippen LogP contribution in [0.4, 0.5) is 4.79 Å². The molecular formula is C32H42N2O10S. The Hall–Kier alpha value is -3.23. The van der Waals surface area contributed by atoms with Gasteiger partial charge < -0.3 is 38.9 Å². The van der Waals surface area contributed by atoms with Gasteiger partial charge in [-0.15, -0.1) is 0 Å². The van der Waals surface area contributed by atoms with Gasteiger partial charge in [-0.3, -0.25) is 0 Å². The smallest absolute Gasteiger partial charge is 0.407 e. The van der Waals surface area contributed by atoms with Gasteiger partial charge in [-0.05, 0) is 49.3 Å². The number of Topliss-reactive ketones (excluding diaryl/α,β-unsaturated/α-hetero) is 1. The number of hydrogen-bond donors (Lipinski definition) is 2. The first kappa shape index (κ1) is 33.1. The molecule has 5 rings (SSSR count). The second-order valence-corrected chi connectivity index (χ2v) is 14.6. The number of nitrogens with zero attached hydrogens (tertiary/aromatic N) is 1. The zero-order chi connectivity index (χ0) is 32.2. The number of aliphatic hydroxyl groups excluding tert-OH is 1. The number of rotatable bonds is 14. The van der Waals surface area contributed by atoms with E-state index in [1.807, 2.05) is 44.2 Å². The maximum Gasteiger partial charge on any atom is 0.407 e. The standard InChI is InChI=1S/C32H42N2O10S/c1-21(35)11-13-32(2,3)19-34(45(38,39)23-9-10-27-28(16-23)43-20-42-27)17-26(36)25(15-22-7-5-4-6-8-22)33-31(37)44-29-18-41-30-24(29)12-14-40-30/h4-10,16,24-26,29-30,36H,11-15,17-20H2,1-3H3,(H,33,37)/t24-,25-,26+,29-,30+/m0/s1. The predicted molar refractivity (Wildman–Crippen MR) is 162 cm³/mol.